The molecule has 20 heavy (non-hydrogen) atoms. The van der Waals surface area contributed by atoms with E-state index in [0.29, 0.717) is 22.8 Å². The Bertz CT molecular complexity index is 669. The first kappa shape index (κ1) is 13.7. The molecule has 1 heterocycles. The number of rotatable bonds is 4. The van der Waals surface area contributed by atoms with Gasteiger partial charge < -0.3 is 16.3 Å². The first-order valence-electron chi connectivity index (χ1n) is 6.33. The number of hydrogen-bond donors (Lipinski definition) is 2. The molecule has 0 saturated heterocycles. The van der Waals surface area contributed by atoms with Gasteiger partial charge in [0.1, 0.15) is 23.3 Å². The number of nitrogens with zero attached hydrogens (tertiary/aromatic N) is 3. The van der Waals surface area contributed by atoms with Crippen LogP contribution in [-0.4, -0.2) is 16.8 Å². The SMILES string of the molecule is CCCc1nc(-c2ccc(OC)c(C#N)c2)c(N)n1N. The van der Waals surface area contributed by atoms with Gasteiger partial charge in [0.05, 0.1) is 12.7 Å². The number of nitriles is 1. The Kier molecular flexibility index (Phi) is 3.80. The molecule has 6 heteroatoms. The second kappa shape index (κ2) is 5.53. The van der Waals surface area contributed by atoms with Gasteiger partial charge in [-0.25, -0.2) is 9.66 Å². The minimum absolute atomic E-state index is 0.391. The molecule has 0 saturated carbocycles. The molecule has 0 bridgehead atoms. The van der Waals surface area contributed by atoms with Gasteiger partial charge in [0.2, 0.25) is 0 Å². The maximum absolute atomic E-state index is 9.12. The van der Waals surface area contributed by atoms with E-state index in [1.54, 1.807) is 12.1 Å². The van der Waals surface area contributed by atoms with E-state index < -0.39 is 0 Å². The molecule has 104 valence electrons. The van der Waals surface area contributed by atoms with Crippen LogP contribution in [0.5, 0.6) is 5.75 Å². The van der Waals surface area contributed by atoms with E-state index >= 15 is 0 Å². The molecule has 1 aromatic heterocycles. The highest BCUT2D eigenvalue weighted by atomic mass is 16.5. The molecule has 0 aliphatic rings. The third-order valence-electron chi connectivity index (χ3n) is 3.09. The summed E-state index contributed by atoms with van der Waals surface area (Å²) in [7, 11) is 1.53. The van der Waals surface area contributed by atoms with E-state index in [9.17, 15) is 0 Å². The summed E-state index contributed by atoms with van der Waals surface area (Å²) >= 11 is 0. The summed E-state index contributed by atoms with van der Waals surface area (Å²) in [6, 6.07) is 7.33. The van der Waals surface area contributed by atoms with Gasteiger partial charge in [-0.2, -0.15) is 5.26 Å². The molecule has 0 fully saturated rings. The Labute approximate surface area is 117 Å². The largest absolute Gasteiger partial charge is 0.495 e. The maximum Gasteiger partial charge on any atom is 0.150 e. The van der Waals surface area contributed by atoms with Crippen molar-refractivity contribution in [2.24, 2.45) is 0 Å². The van der Waals surface area contributed by atoms with Crippen molar-refractivity contribution in [3.63, 3.8) is 0 Å². The summed E-state index contributed by atoms with van der Waals surface area (Å²) in [5.41, 5.74) is 7.77. The quantitative estimate of drug-likeness (QED) is 0.823. The summed E-state index contributed by atoms with van der Waals surface area (Å²) in [4.78, 5) is 4.46. The summed E-state index contributed by atoms with van der Waals surface area (Å²) in [6.07, 6.45) is 1.68. The number of ether oxygens (including phenoxy) is 1. The van der Waals surface area contributed by atoms with Gasteiger partial charge in [-0.3, -0.25) is 0 Å². The molecular formula is C14H17N5O. The van der Waals surface area contributed by atoms with Crippen LogP contribution in [0.4, 0.5) is 5.82 Å². The molecule has 4 N–H and O–H groups in total. The number of aromatic nitrogens is 2. The van der Waals surface area contributed by atoms with Crippen molar-refractivity contribution in [3.05, 3.63) is 29.6 Å². The predicted molar refractivity (Wildman–Crippen MR) is 77.5 cm³/mol. The van der Waals surface area contributed by atoms with Crippen molar-refractivity contribution >= 4 is 5.82 Å². The predicted octanol–water partition coefficient (Wildman–Crippen LogP) is 1.68. The van der Waals surface area contributed by atoms with Gasteiger partial charge in [0.25, 0.3) is 0 Å². The van der Waals surface area contributed by atoms with Crippen LogP contribution in [0, 0.1) is 11.3 Å². The Morgan fingerprint density at radius 2 is 2.20 bits per heavy atom. The molecule has 0 aliphatic heterocycles. The molecule has 0 radical (unpaired) electrons. The molecule has 0 aliphatic carbocycles. The van der Waals surface area contributed by atoms with E-state index in [1.165, 1.54) is 11.8 Å². The monoisotopic (exact) mass is 271 g/mol. The van der Waals surface area contributed by atoms with Crippen LogP contribution in [-0.2, 0) is 6.42 Å². The fraction of sp³-hybridized carbons (Fsp3) is 0.286. The number of nitrogens with two attached hydrogens (primary N) is 2. The highest BCUT2D eigenvalue weighted by Crippen LogP contribution is 2.29. The zero-order valence-corrected chi connectivity index (χ0v) is 11.6. The molecule has 0 spiro atoms. The summed E-state index contributed by atoms with van der Waals surface area (Å²) in [5, 5.41) is 9.12. The molecule has 6 nitrogen and oxygen atoms in total. The van der Waals surface area contributed by atoms with Gasteiger partial charge in [0, 0.05) is 12.0 Å². The van der Waals surface area contributed by atoms with E-state index in [1.807, 2.05) is 13.0 Å². The molecule has 2 aromatic rings. The van der Waals surface area contributed by atoms with Crippen molar-refractivity contribution in [2.45, 2.75) is 19.8 Å². The number of nitrogen functional groups attached to an aromatic ring is 2. The van der Waals surface area contributed by atoms with Crippen LogP contribution >= 0.6 is 0 Å². The second-order valence-electron chi connectivity index (χ2n) is 4.41. The van der Waals surface area contributed by atoms with Gasteiger partial charge in [-0.15, -0.1) is 0 Å². The van der Waals surface area contributed by atoms with Crippen LogP contribution in [0.1, 0.15) is 24.7 Å². The van der Waals surface area contributed by atoms with E-state index in [-0.39, 0.29) is 0 Å². The Balaban J connectivity index is 2.52. The molecule has 0 amide bonds. The minimum atomic E-state index is 0.391. The Morgan fingerprint density at radius 3 is 2.80 bits per heavy atom. The normalized spacial score (nSPS) is 10.2. The van der Waals surface area contributed by atoms with Crippen molar-refractivity contribution in [1.29, 1.82) is 5.26 Å². The topological polar surface area (TPSA) is 103 Å². The van der Waals surface area contributed by atoms with Gasteiger partial charge in [-0.05, 0) is 24.6 Å². The number of anilines is 1. The van der Waals surface area contributed by atoms with Gasteiger partial charge >= 0.3 is 0 Å². The average Bonchev–Trinajstić information content (AvgIpc) is 2.75. The zero-order valence-electron chi connectivity index (χ0n) is 11.6. The van der Waals surface area contributed by atoms with Crippen LogP contribution in [0.25, 0.3) is 11.3 Å². The molecule has 0 unspecified atom stereocenters. The fourth-order valence-electron chi connectivity index (χ4n) is 2.05. The third kappa shape index (κ3) is 2.26. The van der Waals surface area contributed by atoms with Crippen molar-refractivity contribution in [1.82, 2.24) is 9.66 Å². The number of methoxy groups -OCH3 is 1. The van der Waals surface area contributed by atoms with Crippen LogP contribution < -0.4 is 16.3 Å². The first-order valence-corrected chi connectivity index (χ1v) is 6.33. The van der Waals surface area contributed by atoms with Crippen molar-refractivity contribution in [2.75, 3.05) is 18.7 Å². The van der Waals surface area contributed by atoms with Crippen LogP contribution in [0.2, 0.25) is 0 Å². The van der Waals surface area contributed by atoms with E-state index in [2.05, 4.69) is 11.1 Å². The fourth-order valence-corrected chi connectivity index (χ4v) is 2.05. The average molecular weight is 271 g/mol. The highest BCUT2D eigenvalue weighted by molar-refractivity contribution is 5.73. The standard InChI is InChI=1S/C14H17N5O/c1-3-4-12-18-13(14(16)19(12)17)9-5-6-11(20-2)10(7-9)8-15/h5-7H,3-4,16-17H2,1-2H3. The summed E-state index contributed by atoms with van der Waals surface area (Å²) < 4.78 is 6.52. The number of benzene rings is 1. The van der Waals surface area contributed by atoms with E-state index in [4.69, 9.17) is 21.6 Å². The Hall–Kier alpha value is -2.68. The lowest BCUT2D eigenvalue weighted by molar-refractivity contribution is 0.413. The number of hydrogen-bond acceptors (Lipinski definition) is 5. The summed E-state index contributed by atoms with van der Waals surface area (Å²) in [5.74, 6) is 7.54. The van der Waals surface area contributed by atoms with Crippen LogP contribution in [0.3, 0.4) is 0 Å². The van der Waals surface area contributed by atoms with Gasteiger partial charge in [0.15, 0.2) is 5.82 Å². The minimum Gasteiger partial charge on any atom is -0.495 e. The van der Waals surface area contributed by atoms with Crippen molar-refractivity contribution < 1.29 is 4.74 Å². The maximum atomic E-state index is 9.12. The third-order valence-corrected chi connectivity index (χ3v) is 3.09. The molecule has 1 aromatic carbocycles. The second-order valence-corrected chi connectivity index (χ2v) is 4.41. The van der Waals surface area contributed by atoms with E-state index in [0.717, 1.165) is 24.2 Å². The lowest BCUT2D eigenvalue weighted by Crippen LogP contribution is -2.15. The Morgan fingerprint density at radius 1 is 1.45 bits per heavy atom. The lowest BCUT2D eigenvalue weighted by Gasteiger charge is -2.05. The first-order chi connectivity index (χ1) is 9.62. The molecule has 2 rings (SSSR count). The zero-order chi connectivity index (χ0) is 14.7. The van der Waals surface area contributed by atoms with Gasteiger partial charge in [-0.1, -0.05) is 6.92 Å². The molecule has 0 atom stereocenters. The molecular weight excluding hydrogens is 254 g/mol. The van der Waals surface area contributed by atoms with Crippen molar-refractivity contribution in [3.8, 4) is 23.1 Å². The number of aryl methyl sites for hydroxylation is 1. The smallest absolute Gasteiger partial charge is 0.150 e. The summed E-state index contributed by atoms with van der Waals surface area (Å²) in [6.45, 7) is 2.05. The lowest BCUT2D eigenvalue weighted by atomic mass is 10.1. The van der Waals surface area contributed by atoms with Crippen LogP contribution in [0.15, 0.2) is 18.2 Å². The highest BCUT2D eigenvalue weighted by Gasteiger charge is 2.15. The number of imidazole rings is 1.